The van der Waals surface area contributed by atoms with Crippen LogP contribution in [0.1, 0.15) is 22.8 Å². The van der Waals surface area contributed by atoms with Gasteiger partial charge in [0.1, 0.15) is 11.9 Å². The van der Waals surface area contributed by atoms with Crippen LogP contribution in [0, 0.1) is 6.92 Å². The number of hydrogen-bond donors (Lipinski definition) is 3. The number of benzene rings is 1. The molecule has 164 valence electrons. The van der Waals surface area contributed by atoms with E-state index in [1.54, 1.807) is 24.5 Å². The number of alkyl halides is 3. The monoisotopic (exact) mass is 440 g/mol. The molecular formula is C23H19F3N4O2. The summed E-state index contributed by atoms with van der Waals surface area (Å²) in [5.74, 6) is 0.465. The Morgan fingerprint density at radius 1 is 1.00 bits per heavy atom. The lowest BCUT2D eigenvalue weighted by Gasteiger charge is -2.12. The minimum Gasteiger partial charge on any atom is -0.393 e. The van der Waals surface area contributed by atoms with Gasteiger partial charge in [0, 0.05) is 35.2 Å². The third kappa shape index (κ3) is 4.39. The summed E-state index contributed by atoms with van der Waals surface area (Å²) in [7, 11) is 0. The first kappa shape index (κ1) is 21.7. The number of anilines is 2. The normalized spacial score (nSPS) is 12.7. The molecule has 3 N–H and O–H groups in total. The number of rotatable bonds is 5. The lowest BCUT2D eigenvalue weighted by Crippen LogP contribution is -2.05. The molecule has 0 radical (unpaired) electrons. The molecule has 6 nitrogen and oxygen atoms in total. The van der Waals surface area contributed by atoms with Crippen LogP contribution in [0.25, 0.3) is 22.2 Å². The minimum atomic E-state index is -4.39. The molecule has 0 aliphatic heterocycles. The quantitative estimate of drug-likeness (QED) is 0.413. The van der Waals surface area contributed by atoms with Gasteiger partial charge in [-0.3, -0.25) is 9.97 Å². The summed E-state index contributed by atoms with van der Waals surface area (Å²) in [6.07, 6.45) is -0.665. The van der Waals surface area contributed by atoms with Crippen LogP contribution in [0.2, 0.25) is 0 Å². The summed E-state index contributed by atoms with van der Waals surface area (Å²) < 4.78 is 38.3. The highest BCUT2D eigenvalue weighted by Gasteiger charge is 2.29. The van der Waals surface area contributed by atoms with Crippen molar-refractivity contribution in [2.45, 2.75) is 19.2 Å². The maximum Gasteiger partial charge on any atom is 0.416 e. The number of nitrogens with zero attached hydrogens (tertiary/aromatic N) is 3. The van der Waals surface area contributed by atoms with E-state index in [-0.39, 0.29) is 0 Å². The summed E-state index contributed by atoms with van der Waals surface area (Å²) in [6.45, 7) is 1.45. The van der Waals surface area contributed by atoms with Crippen molar-refractivity contribution in [3.63, 3.8) is 0 Å². The molecule has 1 aromatic carbocycles. The number of pyridine rings is 3. The smallest absolute Gasteiger partial charge is 0.393 e. The van der Waals surface area contributed by atoms with E-state index in [0.717, 1.165) is 23.1 Å². The fourth-order valence-corrected chi connectivity index (χ4v) is 3.33. The number of aliphatic hydroxyl groups is 2. The van der Waals surface area contributed by atoms with Gasteiger partial charge in [0.2, 0.25) is 0 Å². The summed E-state index contributed by atoms with van der Waals surface area (Å²) in [5, 5.41) is 23.5. The predicted molar refractivity (Wildman–Crippen MR) is 114 cm³/mol. The number of aryl methyl sites for hydroxylation is 1. The topological polar surface area (TPSA) is 91.2 Å². The van der Waals surface area contributed by atoms with Gasteiger partial charge in [0.25, 0.3) is 0 Å². The Balaban J connectivity index is 1.64. The molecule has 0 fully saturated rings. The summed E-state index contributed by atoms with van der Waals surface area (Å²) in [6, 6.07) is 10.1. The van der Waals surface area contributed by atoms with Crippen molar-refractivity contribution >= 4 is 22.3 Å². The van der Waals surface area contributed by atoms with Gasteiger partial charge in [-0.1, -0.05) is 0 Å². The first-order chi connectivity index (χ1) is 15.3. The Kier molecular flexibility index (Phi) is 5.77. The van der Waals surface area contributed by atoms with Crippen molar-refractivity contribution in [1.29, 1.82) is 0 Å². The van der Waals surface area contributed by atoms with E-state index < -0.39 is 24.5 Å². The van der Waals surface area contributed by atoms with Gasteiger partial charge in [-0.05, 0) is 60.3 Å². The van der Waals surface area contributed by atoms with Crippen molar-refractivity contribution < 1.29 is 23.4 Å². The fraction of sp³-hybridized carbons (Fsp3) is 0.174. The van der Waals surface area contributed by atoms with Crippen molar-refractivity contribution in [2.24, 2.45) is 0 Å². The van der Waals surface area contributed by atoms with Crippen molar-refractivity contribution in [1.82, 2.24) is 15.0 Å². The highest BCUT2D eigenvalue weighted by molar-refractivity contribution is 5.94. The lowest BCUT2D eigenvalue weighted by atomic mass is 10.1. The molecule has 1 atom stereocenters. The Morgan fingerprint density at radius 2 is 1.75 bits per heavy atom. The number of hydrogen-bond acceptors (Lipinski definition) is 6. The molecule has 4 rings (SSSR count). The molecule has 9 heteroatoms. The van der Waals surface area contributed by atoms with Crippen LogP contribution in [0.15, 0.2) is 61.1 Å². The van der Waals surface area contributed by atoms with Gasteiger partial charge in [-0.2, -0.15) is 13.2 Å². The van der Waals surface area contributed by atoms with Crippen LogP contribution >= 0.6 is 0 Å². The zero-order valence-electron chi connectivity index (χ0n) is 16.9. The maximum atomic E-state index is 12.8. The second-order valence-corrected chi connectivity index (χ2v) is 7.28. The highest BCUT2D eigenvalue weighted by Crippen LogP contribution is 2.32. The van der Waals surface area contributed by atoms with Crippen LogP contribution < -0.4 is 5.32 Å². The number of aromatic nitrogens is 3. The molecule has 0 amide bonds. The van der Waals surface area contributed by atoms with Gasteiger partial charge in [-0.15, -0.1) is 0 Å². The third-order valence-electron chi connectivity index (χ3n) is 5.02. The molecule has 0 aliphatic carbocycles. The van der Waals surface area contributed by atoms with Crippen molar-refractivity contribution in [3.05, 3.63) is 77.7 Å². The van der Waals surface area contributed by atoms with Crippen LogP contribution in [0.5, 0.6) is 0 Å². The predicted octanol–water partition coefficient (Wildman–Crippen LogP) is 4.79. The lowest BCUT2D eigenvalue weighted by molar-refractivity contribution is -0.137. The zero-order valence-corrected chi connectivity index (χ0v) is 16.9. The van der Waals surface area contributed by atoms with Gasteiger partial charge < -0.3 is 15.5 Å². The Bertz CT molecular complexity index is 1260. The first-order valence-electron chi connectivity index (χ1n) is 9.71. The molecule has 3 aromatic heterocycles. The Labute approximate surface area is 181 Å². The average Bonchev–Trinajstić information content (AvgIpc) is 2.78. The molecular weight excluding hydrogens is 421 g/mol. The number of aliphatic hydroxyl groups excluding tert-OH is 2. The van der Waals surface area contributed by atoms with Crippen molar-refractivity contribution in [2.75, 3.05) is 11.9 Å². The highest BCUT2D eigenvalue weighted by atomic mass is 19.4. The van der Waals surface area contributed by atoms with Crippen LogP contribution in [-0.4, -0.2) is 31.8 Å². The van der Waals surface area contributed by atoms with Crippen molar-refractivity contribution in [3.8, 4) is 11.4 Å². The molecule has 0 spiro atoms. The zero-order chi connectivity index (χ0) is 22.9. The standard InChI is InChI=1S/C23H19F3N4O2/c1-13-8-15(20(32)12-31)10-29-21(13)19-9-14-6-7-27-22(18(14)11-28-19)30-17-4-2-16(3-5-17)23(24,25)26/h2-11,20,31-32H,12H2,1H3,(H,27,30). The van der Waals surface area contributed by atoms with E-state index in [1.807, 2.05) is 13.0 Å². The van der Waals surface area contributed by atoms with Gasteiger partial charge in [-0.25, -0.2) is 4.98 Å². The molecule has 0 bridgehead atoms. The Hall–Kier alpha value is -3.56. The van der Waals surface area contributed by atoms with Crippen LogP contribution in [0.3, 0.4) is 0 Å². The van der Waals surface area contributed by atoms with E-state index in [9.17, 15) is 18.3 Å². The molecule has 0 aliphatic rings. The maximum absolute atomic E-state index is 12.8. The van der Waals surface area contributed by atoms with E-state index >= 15 is 0 Å². The largest absolute Gasteiger partial charge is 0.416 e. The van der Waals surface area contributed by atoms with Gasteiger partial charge in [0.15, 0.2) is 0 Å². The minimum absolute atomic E-state index is 0.392. The van der Waals surface area contributed by atoms with E-state index in [0.29, 0.717) is 33.8 Å². The number of nitrogens with one attached hydrogen (secondary N) is 1. The number of halogens is 3. The van der Waals surface area contributed by atoms with Gasteiger partial charge in [0.05, 0.1) is 23.6 Å². The third-order valence-corrected chi connectivity index (χ3v) is 5.02. The van der Waals surface area contributed by atoms with E-state index in [2.05, 4.69) is 20.3 Å². The van der Waals surface area contributed by atoms with E-state index in [1.165, 1.54) is 18.3 Å². The second kappa shape index (κ2) is 8.52. The van der Waals surface area contributed by atoms with Crippen LogP contribution in [0.4, 0.5) is 24.7 Å². The number of fused-ring (bicyclic) bond motifs is 1. The molecule has 32 heavy (non-hydrogen) atoms. The summed E-state index contributed by atoms with van der Waals surface area (Å²) in [4.78, 5) is 13.2. The SMILES string of the molecule is Cc1cc(C(O)CO)cnc1-c1cc2ccnc(Nc3ccc(C(F)(F)F)cc3)c2cn1. The first-order valence-corrected chi connectivity index (χ1v) is 9.71. The molecule has 4 aromatic rings. The molecule has 3 heterocycles. The summed E-state index contributed by atoms with van der Waals surface area (Å²) in [5.41, 5.74) is 2.31. The van der Waals surface area contributed by atoms with Crippen LogP contribution in [-0.2, 0) is 6.18 Å². The van der Waals surface area contributed by atoms with Gasteiger partial charge >= 0.3 is 6.18 Å². The molecule has 1 unspecified atom stereocenters. The van der Waals surface area contributed by atoms with E-state index in [4.69, 9.17) is 5.11 Å². The molecule has 0 saturated carbocycles. The second-order valence-electron chi connectivity index (χ2n) is 7.28. The summed E-state index contributed by atoms with van der Waals surface area (Å²) >= 11 is 0. The molecule has 0 saturated heterocycles. The average molecular weight is 440 g/mol. The fourth-order valence-electron chi connectivity index (χ4n) is 3.33. The Morgan fingerprint density at radius 3 is 2.41 bits per heavy atom.